The van der Waals surface area contributed by atoms with Crippen LogP contribution in [0, 0.1) is 5.41 Å². The van der Waals surface area contributed by atoms with Gasteiger partial charge in [0.1, 0.15) is 5.82 Å². The van der Waals surface area contributed by atoms with Gasteiger partial charge in [0, 0.05) is 39.4 Å². The molecule has 0 atom stereocenters. The molecule has 1 aromatic rings. The second-order valence-electron chi connectivity index (χ2n) is 7.29. The van der Waals surface area contributed by atoms with Crippen molar-refractivity contribution < 1.29 is 4.79 Å². The van der Waals surface area contributed by atoms with Gasteiger partial charge in [-0.3, -0.25) is 4.79 Å². The number of amides is 1. The molecule has 1 aliphatic rings. The Morgan fingerprint density at radius 2 is 2.04 bits per heavy atom. The summed E-state index contributed by atoms with van der Waals surface area (Å²) >= 11 is 2.35. The molecule has 0 spiro atoms. The van der Waals surface area contributed by atoms with Crippen LogP contribution in [0.3, 0.4) is 0 Å². The molecule has 1 amide bonds. The fourth-order valence-electron chi connectivity index (χ4n) is 2.47. The number of hydrogen-bond donors (Lipinski definition) is 2. The summed E-state index contributed by atoms with van der Waals surface area (Å²) in [4.78, 5) is 18.9. The minimum atomic E-state index is -0.425. The van der Waals surface area contributed by atoms with E-state index in [1.54, 1.807) is 0 Å². The molecule has 1 saturated heterocycles. The zero-order valence-electron chi connectivity index (χ0n) is 14.4. The summed E-state index contributed by atoms with van der Waals surface area (Å²) in [5.74, 6) is 0.603. The van der Waals surface area contributed by atoms with Crippen LogP contribution < -0.4 is 10.6 Å². The van der Waals surface area contributed by atoms with Crippen LogP contribution in [0.2, 0.25) is 0 Å². The molecule has 2 N–H and O–H groups in total. The number of carbonyl (C=O) groups is 1. The van der Waals surface area contributed by atoms with E-state index in [2.05, 4.69) is 50.2 Å². The van der Waals surface area contributed by atoms with Crippen LogP contribution in [0.4, 0.5) is 11.5 Å². The average Bonchev–Trinajstić information content (AvgIpc) is 2.49. The molecule has 2 rings (SSSR count). The summed E-state index contributed by atoms with van der Waals surface area (Å²) in [6.07, 6.45) is 4.15. The van der Waals surface area contributed by atoms with E-state index in [0.717, 1.165) is 36.0 Å². The van der Waals surface area contributed by atoms with Crippen molar-refractivity contribution in [3.05, 3.63) is 17.8 Å². The molecule has 0 saturated carbocycles. The first-order valence-corrected chi connectivity index (χ1v) is 9.63. The van der Waals surface area contributed by atoms with Gasteiger partial charge in [-0.2, -0.15) is 0 Å². The minimum Gasteiger partial charge on any atom is -0.382 e. The molecule has 0 bridgehead atoms. The van der Waals surface area contributed by atoms with E-state index < -0.39 is 5.41 Å². The van der Waals surface area contributed by atoms with Crippen molar-refractivity contribution in [1.29, 1.82) is 0 Å². The summed E-state index contributed by atoms with van der Waals surface area (Å²) in [6.45, 7) is 7.95. The molecule has 0 radical (unpaired) electrons. The number of carbonyl (C=O) groups excluding carboxylic acids is 1. The second kappa shape index (κ2) is 7.79. The normalized spacial score (nSPS) is 17.1. The lowest BCUT2D eigenvalue weighted by Crippen LogP contribution is -2.37. The molecule has 1 fully saturated rings. The predicted molar refractivity (Wildman–Crippen MR) is 104 cm³/mol. The molecule has 23 heavy (non-hydrogen) atoms. The Bertz CT molecular complexity index is 548. The third kappa shape index (κ3) is 5.31. The summed E-state index contributed by atoms with van der Waals surface area (Å²) in [7, 11) is 2.17. The molecule has 5 nitrogen and oxygen atoms in total. The topological polar surface area (TPSA) is 57.3 Å². The first kappa shape index (κ1) is 18.4. The highest BCUT2D eigenvalue weighted by Crippen LogP contribution is 2.25. The fraction of sp³-hybridized carbons (Fsp3) is 0.647. The summed E-state index contributed by atoms with van der Waals surface area (Å²) in [5, 5.41) is 6.57. The Labute approximate surface area is 152 Å². The molecule has 0 aromatic carbocycles. The first-order valence-electron chi connectivity index (χ1n) is 8.11. The van der Waals surface area contributed by atoms with Crippen LogP contribution >= 0.6 is 22.6 Å². The number of likely N-dealkylation sites (tertiary alicyclic amines) is 1. The van der Waals surface area contributed by atoms with E-state index in [1.165, 1.54) is 5.56 Å². The largest absolute Gasteiger partial charge is 0.382 e. The number of alkyl halides is 1. The Kier molecular flexibility index (Phi) is 6.25. The number of piperidine rings is 1. The van der Waals surface area contributed by atoms with Gasteiger partial charge in [-0.05, 0) is 33.0 Å². The van der Waals surface area contributed by atoms with Crippen molar-refractivity contribution in [1.82, 2.24) is 9.88 Å². The number of hydrogen-bond acceptors (Lipinski definition) is 4. The number of nitrogens with one attached hydrogen (secondary N) is 2. The van der Waals surface area contributed by atoms with E-state index in [-0.39, 0.29) is 5.91 Å². The van der Waals surface area contributed by atoms with Gasteiger partial charge in [0.15, 0.2) is 0 Å². The zero-order valence-corrected chi connectivity index (χ0v) is 16.6. The number of halogens is 1. The summed E-state index contributed by atoms with van der Waals surface area (Å²) in [6, 6.07) is 2.46. The minimum absolute atomic E-state index is 0.0162. The van der Waals surface area contributed by atoms with Crippen LogP contribution in [-0.2, 0) is 9.22 Å². The van der Waals surface area contributed by atoms with E-state index in [0.29, 0.717) is 11.9 Å². The molecule has 1 aromatic heterocycles. The number of aromatic nitrogens is 1. The lowest BCUT2D eigenvalue weighted by Gasteiger charge is -2.30. The molecule has 128 valence electrons. The van der Waals surface area contributed by atoms with Crippen LogP contribution in [0.1, 0.15) is 39.2 Å². The van der Waals surface area contributed by atoms with Gasteiger partial charge in [0.05, 0.1) is 0 Å². The van der Waals surface area contributed by atoms with Crippen LogP contribution in [-0.4, -0.2) is 42.0 Å². The maximum absolute atomic E-state index is 12.1. The second-order valence-corrected chi connectivity index (χ2v) is 8.05. The van der Waals surface area contributed by atoms with Crippen molar-refractivity contribution in [2.45, 2.75) is 44.1 Å². The molecule has 1 aliphatic heterocycles. The highest BCUT2D eigenvalue weighted by molar-refractivity contribution is 14.1. The maximum Gasteiger partial charge on any atom is 0.230 e. The zero-order chi connectivity index (χ0) is 17.0. The lowest BCUT2D eigenvalue weighted by molar-refractivity contribution is -0.123. The van der Waals surface area contributed by atoms with Crippen molar-refractivity contribution in [2.24, 2.45) is 5.41 Å². The third-order valence-electron chi connectivity index (χ3n) is 4.13. The van der Waals surface area contributed by atoms with E-state index in [1.807, 2.05) is 33.0 Å². The van der Waals surface area contributed by atoms with Gasteiger partial charge < -0.3 is 15.5 Å². The third-order valence-corrected chi connectivity index (χ3v) is 4.95. The lowest BCUT2D eigenvalue weighted by atomic mass is 9.96. The first-order chi connectivity index (χ1) is 10.8. The molecule has 2 heterocycles. The number of nitrogens with zero attached hydrogens (tertiary/aromatic N) is 2. The highest BCUT2D eigenvalue weighted by Gasteiger charge is 2.22. The quantitative estimate of drug-likeness (QED) is 0.567. The molecular weight excluding hydrogens is 403 g/mol. The van der Waals surface area contributed by atoms with Crippen LogP contribution in [0.15, 0.2) is 12.3 Å². The average molecular weight is 430 g/mol. The smallest absolute Gasteiger partial charge is 0.230 e. The van der Waals surface area contributed by atoms with Crippen molar-refractivity contribution in [3.8, 4) is 0 Å². The Morgan fingerprint density at radius 1 is 1.39 bits per heavy atom. The SMILES string of the molecule is CN1CCC(Nc2cc(NC(=O)C(C)(C)C)ncc2CI)CC1. The van der Waals surface area contributed by atoms with E-state index in [9.17, 15) is 4.79 Å². The van der Waals surface area contributed by atoms with Gasteiger partial charge in [0.25, 0.3) is 0 Å². The van der Waals surface area contributed by atoms with Gasteiger partial charge in [0.2, 0.25) is 5.91 Å². The summed E-state index contributed by atoms with van der Waals surface area (Å²) < 4.78 is 0.896. The van der Waals surface area contributed by atoms with Crippen LogP contribution in [0.5, 0.6) is 0 Å². The highest BCUT2D eigenvalue weighted by atomic mass is 127. The monoisotopic (exact) mass is 430 g/mol. The molecule has 0 unspecified atom stereocenters. The van der Waals surface area contributed by atoms with Gasteiger partial charge in [-0.15, -0.1) is 0 Å². The van der Waals surface area contributed by atoms with E-state index >= 15 is 0 Å². The standard InChI is InChI=1S/C17H27IN4O/c1-17(2,3)16(23)21-15-9-14(12(10-18)11-19-15)20-13-5-7-22(4)8-6-13/h9,11,13H,5-8,10H2,1-4H3,(H2,19,20,21,23). The van der Waals surface area contributed by atoms with Gasteiger partial charge in [-0.1, -0.05) is 43.4 Å². The summed E-state index contributed by atoms with van der Waals surface area (Å²) in [5.41, 5.74) is 1.84. The van der Waals surface area contributed by atoms with Gasteiger partial charge in [-0.25, -0.2) is 4.98 Å². The number of anilines is 2. The Balaban J connectivity index is 2.11. The van der Waals surface area contributed by atoms with Crippen molar-refractivity contribution >= 4 is 40.0 Å². The fourth-order valence-corrected chi connectivity index (χ4v) is 3.08. The van der Waals surface area contributed by atoms with Crippen molar-refractivity contribution in [3.63, 3.8) is 0 Å². The molecule has 6 heteroatoms. The Hall–Kier alpha value is -0.890. The van der Waals surface area contributed by atoms with Crippen LogP contribution in [0.25, 0.3) is 0 Å². The maximum atomic E-state index is 12.1. The molecule has 0 aliphatic carbocycles. The Morgan fingerprint density at radius 3 is 2.61 bits per heavy atom. The number of pyridine rings is 1. The number of rotatable bonds is 4. The predicted octanol–water partition coefficient (Wildman–Crippen LogP) is 3.51. The van der Waals surface area contributed by atoms with Crippen molar-refractivity contribution in [2.75, 3.05) is 30.8 Å². The molecular formula is C17H27IN4O. The van der Waals surface area contributed by atoms with E-state index in [4.69, 9.17) is 0 Å². The van der Waals surface area contributed by atoms with Gasteiger partial charge >= 0.3 is 0 Å².